The fourth-order valence-electron chi connectivity index (χ4n) is 2.32. The van der Waals surface area contributed by atoms with Crippen molar-refractivity contribution in [3.63, 3.8) is 0 Å². The molecule has 1 fully saturated rings. The number of pyridine rings is 1. The third kappa shape index (κ3) is 2.96. The van der Waals surface area contributed by atoms with Crippen LogP contribution in [0.3, 0.4) is 0 Å². The summed E-state index contributed by atoms with van der Waals surface area (Å²) < 4.78 is 10.1. The van der Waals surface area contributed by atoms with E-state index in [-0.39, 0.29) is 0 Å². The van der Waals surface area contributed by atoms with Gasteiger partial charge in [0.05, 0.1) is 30.7 Å². The van der Waals surface area contributed by atoms with Gasteiger partial charge in [-0.25, -0.2) is 9.78 Å². The molecular weight excluding hydrogens is 246 g/mol. The van der Waals surface area contributed by atoms with E-state index in [4.69, 9.17) is 15.2 Å². The Bertz CT molecular complexity index is 456. The van der Waals surface area contributed by atoms with Crippen LogP contribution < -0.4 is 10.6 Å². The lowest BCUT2D eigenvalue weighted by Gasteiger charge is -2.33. The highest BCUT2D eigenvalue weighted by molar-refractivity contribution is 5.96. The van der Waals surface area contributed by atoms with E-state index >= 15 is 0 Å². The average Bonchev–Trinajstić information content (AvgIpc) is 2.46. The first-order chi connectivity index (χ1) is 9.15. The number of hydrogen-bond donors (Lipinski definition) is 1. The van der Waals surface area contributed by atoms with Gasteiger partial charge in [0.1, 0.15) is 5.82 Å². The van der Waals surface area contributed by atoms with Gasteiger partial charge in [-0.15, -0.1) is 0 Å². The van der Waals surface area contributed by atoms with Crippen LogP contribution in [0.4, 0.5) is 11.5 Å². The largest absolute Gasteiger partial charge is 0.465 e. The van der Waals surface area contributed by atoms with Gasteiger partial charge in [-0.3, -0.25) is 0 Å². The number of rotatable bonds is 3. The fraction of sp³-hybridized carbons (Fsp3) is 0.538. The molecule has 0 bridgehead atoms. The van der Waals surface area contributed by atoms with Crippen molar-refractivity contribution in [2.45, 2.75) is 18.9 Å². The third-order valence-electron chi connectivity index (χ3n) is 3.43. The maximum absolute atomic E-state index is 11.8. The molecule has 0 aromatic carbocycles. The normalized spacial score (nSPS) is 16.4. The van der Waals surface area contributed by atoms with Crippen molar-refractivity contribution < 1.29 is 14.3 Å². The molecule has 0 amide bonds. The first kappa shape index (κ1) is 13.6. The second-order valence-corrected chi connectivity index (χ2v) is 4.54. The number of methoxy groups -OCH3 is 2. The second kappa shape index (κ2) is 5.88. The van der Waals surface area contributed by atoms with Crippen LogP contribution in [0, 0.1) is 0 Å². The van der Waals surface area contributed by atoms with E-state index in [0.717, 1.165) is 31.6 Å². The Hall–Kier alpha value is -1.82. The van der Waals surface area contributed by atoms with Crippen molar-refractivity contribution in [2.24, 2.45) is 0 Å². The summed E-state index contributed by atoms with van der Waals surface area (Å²) in [6.07, 6.45) is 3.79. The Labute approximate surface area is 112 Å². The number of piperidine rings is 1. The first-order valence-electron chi connectivity index (χ1n) is 6.27. The Kier molecular flexibility index (Phi) is 4.21. The highest BCUT2D eigenvalue weighted by Crippen LogP contribution is 2.26. The van der Waals surface area contributed by atoms with Crippen LogP contribution in [-0.4, -0.2) is 44.4 Å². The molecule has 1 aliphatic heterocycles. The molecule has 0 radical (unpaired) electrons. The summed E-state index contributed by atoms with van der Waals surface area (Å²) >= 11 is 0. The van der Waals surface area contributed by atoms with Gasteiger partial charge >= 0.3 is 5.97 Å². The van der Waals surface area contributed by atoms with Gasteiger partial charge in [-0.05, 0) is 18.9 Å². The summed E-state index contributed by atoms with van der Waals surface area (Å²) in [7, 11) is 3.09. The number of esters is 1. The average molecular weight is 265 g/mol. The first-order valence-corrected chi connectivity index (χ1v) is 6.27. The van der Waals surface area contributed by atoms with Gasteiger partial charge in [0.25, 0.3) is 0 Å². The molecule has 104 valence electrons. The molecule has 0 spiro atoms. The number of aromatic nitrogens is 1. The molecule has 1 saturated heterocycles. The summed E-state index contributed by atoms with van der Waals surface area (Å²) in [5, 5.41) is 0. The minimum Gasteiger partial charge on any atom is -0.465 e. The summed E-state index contributed by atoms with van der Waals surface area (Å²) in [5.41, 5.74) is 6.87. The molecular formula is C13H19N3O3. The number of nitrogens with zero attached hydrogens (tertiary/aromatic N) is 2. The number of carbonyl (C=O) groups is 1. The molecule has 1 aromatic rings. The van der Waals surface area contributed by atoms with E-state index < -0.39 is 5.97 Å². The highest BCUT2D eigenvalue weighted by atomic mass is 16.5. The molecule has 0 aliphatic carbocycles. The smallest absolute Gasteiger partial charge is 0.340 e. The van der Waals surface area contributed by atoms with Gasteiger partial charge in [-0.2, -0.15) is 0 Å². The van der Waals surface area contributed by atoms with E-state index in [9.17, 15) is 4.79 Å². The van der Waals surface area contributed by atoms with Gasteiger partial charge in [-0.1, -0.05) is 0 Å². The lowest BCUT2D eigenvalue weighted by Crippen LogP contribution is -2.37. The van der Waals surface area contributed by atoms with Gasteiger partial charge in [0, 0.05) is 20.2 Å². The second-order valence-electron chi connectivity index (χ2n) is 4.54. The quantitative estimate of drug-likeness (QED) is 0.824. The van der Waals surface area contributed by atoms with Crippen LogP contribution >= 0.6 is 0 Å². The molecule has 2 heterocycles. The number of anilines is 2. The Morgan fingerprint density at radius 1 is 1.42 bits per heavy atom. The van der Waals surface area contributed by atoms with E-state index in [2.05, 4.69) is 9.88 Å². The Balaban J connectivity index is 2.22. The molecule has 0 unspecified atom stereocenters. The predicted molar refractivity (Wildman–Crippen MR) is 72.2 cm³/mol. The zero-order chi connectivity index (χ0) is 13.8. The van der Waals surface area contributed by atoms with Gasteiger partial charge < -0.3 is 20.1 Å². The predicted octanol–water partition coefficient (Wildman–Crippen LogP) is 1.07. The zero-order valence-electron chi connectivity index (χ0n) is 11.3. The zero-order valence-corrected chi connectivity index (χ0v) is 11.3. The molecule has 1 aliphatic rings. The maximum atomic E-state index is 11.8. The molecule has 1 aromatic heterocycles. The summed E-state index contributed by atoms with van der Waals surface area (Å²) in [6.45, 7) is 1.65. The van der Waals surface area contributed by atoms with Crippen LogP contribution in [0.5, 0.6) is 0 Å². The van der Waals surface area contributed by atoms with Crippen molar-refractivity contribution in [1.82, 2.24) is 4.98 Å². The van der Waals surface area contributed by atoms with Crippen molar-refractivity contribution >= 4 is 17.5 Å². The summed E-state index contributed by atoms with van der Waals surface area (Å²) in [6, 6.07) is 1.56. The van der Waals surface area contributed by atoms with Crippen LogP contribution in [0.25, 0.3) is 0 Å². The van der Waals surface area contributed by atoms with Crippen LogP contribution in [-0.2, 0) is 9.47 Å². The van der Waals surface area contributed by atoms with Crippen molar-refractivity contribution in [2.75, 3.05) is 37.9 Å². The van der Waals surface area contributed by atoms with Gasteiger partial charge in [0.15, 0.2) is 0 Å². The van der Waals surface area contributed by atoms with Crippen LogP contribution in [0.15, 0.2) is 12.3 Å². The van der Waals surface area contributed by atoms with Crippen LogP contribution in [0.2, 0.25) is 0 Å². The highest BCUT2D eigenvalue weighted by Gasteiger charge is 2.23. The minimum atomic E-state index is -0.391. The Morgan fingerprint density at radius 3 is 2.68 bits per heavy atom. The van der Waals surface area contributed by atoms with E-state index in [1.807, 2.05) is 0 Å². The molecule has 0 atom stereocenters. The Morgan fingerprint density at radius 2 is 2.11 bits per heavy atom. The topological polar surface area (TPSA) is 77.7 Å². The number of nitrogens with two attached hydrogens (primary N) is 1. The molecule has 2 rings (SSSR count). The van der Waals surface area contributed by atoms with Crippen molar-refractivity contribution in [3.8, 4) is 0 Å². The number of nitrogen functional groups attached to an aromatic ring is 1. The molecule has 2 N–H and O–H groups in total. The van der Waals surface area contributed by atoms with Crippen molar-refractivity contribution in [1.29, 1.82) is 0 Å². The monoisotopic (exact) mass is 265 g/mol. The fourth-order valence-corrected chi connectivity index (χ4v) is 2.32. The number of hydrogen-bond acceptors (Lipinski definition) is 6. The summed E-state index contributed by atoms with van der Waals surface area (Å²) in [5.74, 6) is -0.0751. The molecule has 6 heteroatoms. The minimum absolute atomic E-state index is 0.291. The van der Waals surface area contributed by atoms with E-state index in [1.54, 1.807) is 19.4 Å². The standard InChI is InChI=1S/C13H19N3O3/c1-18-9-3-5-16(6-4-9)11-8-15-12(14)7-10(11)13(17)19-2/h7-9H,3-6H2,1-2H3,(H2,14,15). The lowest BCUT2D eigenvalue weighted by atomic mass is 10.1. The summed E-state index contributed by atoms with van der Waals surface area (Å²) in [4.78, 5) is 18.0. The molecule has 19 heavy (non-hydrogen) atoms. The SMILES string of the molecule is COC(=O)c1cc(N)ncc1N1CCC(OC)CC1. The third-order valence-corrected chi connectivity index (χ3v) is 3.43. The maximum Gasteiger partial charge on any atom is 0.340 e. The van der Waals surface area contributed by atoms with Crippen LogP contribution in [0.1, 0.15) is 23.2 Å². The van der Waals surface area contributed by atoms with E-state index in [1.165, 1.54) is 7.11 Å². The lowest BCUT2D eigenvalue weighted by molar-refractivity contribution is 0.0600. The van der Waals surface area contributed by atoms with Gasteiger partial charge in [0.2, 0.25) is 0 Å². The number of carbonyl (C=O) groups excluding carboxylic acids is 1. The van der Waals surface area contributed by atoms with Crippen molar-refractivity contribution in [3.05, 3.63) is 17.8 Å². The molecule has 6 nitrogen and oxygen atoms in total. The number of ether oxygens (including phenoxy) is 2. The van der Waals surface area contributed by atoms with E-state index in [0.29, 0.717) is 17.5 Å². The molecule has 0 saturated carbocycles.